The first kappa shape index (κ1) is 30.4. The first-order valence-electron chi connectivity index (χ1n) is 14.7. The Kier molecular flexibility index (Phi) is 7.94. The lowest BCUT2D eigenvalue weighted by molar-refractivity contribution is 0.588. The van der Waals surface area contributed by atoms with Crippen molar-refractivity contribution < 1.29 is 0 Å². The van der Waals surface area contributed by atoms with Crippen molar-refractivity contribution in [3.63, 3.8) is 0 Å². The van der Waals surface area contributed by atoms with Crippen molar-refractivity contribution in [3.05, 3.63) is 89.1 Å². The van der Waals surface area contributed by atoms with Crippen molar-refractivity contribution in [1.82, 2.24) is 15.0 Å². The number of anilines is 2. The van der Waals surface area contributed by atoms with Crippen LogP contribution < -0.4 is 5.32 Å². The van der Waals surface area contributed by atoms with Crippen LogP contribution >= 0.6 is 0 Å². The molecule has 0 radical (unpaired) electrons. The number of pyridine rings is 3. The summed E-state index contributed by atoms with van der Waals surface area (Å²) >= 11 is 0. The Hall–Kier alpha value is -3.53. The zero-order valence-electron chi connectivity index (χ0n) is 27.2. The fourth-order valence-corrected chi connectivity index (χ4v) is 4.65. The van der Waals surface area contributed by atoms with Gasteiger partial charge in [-0.15, -0.1) is 0 Å². The van der Waals surface area contributed by atoms with Crippen molar-refractivity contribution in [1.29, 1.82) is 0 Å². The molecule has 41 heavy (non-hydrogen) atoms. The van der Waals surface area contributed by atoms with E-state index in [4.69, 9.17) is 15.0 Å². The van der Waals surface area contributed by atoms with E-state index >= 15 is 0 Å². The highest BCUT2D eigenvalue weighted by atomic mass is 15.1. The highest BCUT2D eigenvalue weighted by molar-refractivity contribution is 5.68. The third-order valence-electron chi connectivity index (χ3n) is 7.55. The fraction of sp³-hybridized carbons (Fsp3) is 0.432. The Labute approximate surface area is 248 Å². The smallest absolute Gasteiger partial charge is 0.132 e. The Balaban J connectivity index is 1.84. The fourth-order valence-electron chi connectivity index (χ4n) is 4.65. The summed E-state index contributed by atoms with van der Waals surface area (Å²) in [7, 11) is 0. The van der Waals surface area contributed by atoms with E-state index in [9.17, 15) is 0 Å². The average molecular weight is 549 g/mol. The van der Waals surface area contributed by atoms with Gasteiger partial charge in [-0.2, -0.15) is 0 Å². The van der Waals surface area contributed by atoms with E-state index in [1.165, 1.54) is 22.3 Å². The molecule has 0 aliphatic rings. The monoisotopic (exact) mass is 548 g/mol. The Morgan fingerprint density at radius 2 is 0.927 bits per heavy atom. The number of aromatic nitrogens is 3. The van der Waals surface area contributed by atoms with Crippen LogP contribution in [0.3, 0.4) is 0 Å². The van der Waals surface area contributed by atoms with E-state index in [1.54, 1.807) is 0 Å². The van der Waals surface area contributed by atoms with Gasteiger partial charge in [0.05, 0.1) is 17.1 Å². The standard InChI is InChI=1S/C37H48N4/c1-34(2,3)25-15-13-14-24(18-25)29-20-27(36(7,8)9)22-32(39-29)41-33-23-28(37(10,11)12)21-31(40-33)30-19-26(16-17-38-30)35(4,5)6/h13-23H,1-12H3,(H,39,40,41). The zero-order valence-corrected chi connectivity index (χ0v) is 27.2. The van der Waals surface area contributed by atoms with Crippen LogP contribution in [0.25, 0.3) is 22.6 Å². The second-order valence-electron chi connectivity index (χ2n) is 15.4. The molecule has 1 aromatic carbocycles. The Bertz CT molecular complexity index is 1420. The molecule has 216 valence electrons. The highest BCUT2D eigenvalue weighted by Crippen LogP contribution is 2.34. The third kappa shape index (κ3) is 7.41. The van der Waals surface area contributed by atoms with Crippen LogP contribution in [0.4, 0.5) is 11.6 Å². The van der Waals surface area contributed by atoms with E-state index in [0.29, 0.717) is 0 Å². The van der Waals surface area contributed by atoms with Gasteiger partial charge in [-0.3, -0.25) is 4.98 Å². The summed E-state index contributed by atoms with van der Waals surface area (Å²) in [6.07, 6.45) is 1.89. The van der Waals surface area contributed by atoms with E-state index in [1.807, 2.05) is 6.20 Å². The first-order chi connectivity index (χ1) is 18.8. The van der Waals surface area contributed by atoms with Crippen molar-refractivity contribution >= 4 is 11.6 Å². The van der Waals surface area contributed by atoms with Crippen LogP contribution in [-0.4, -0.2) is 15.0 Å². The van der Waals surface area contributed by atoms with Crippen molar-refractivity contribution in [2.75, 3.05) is 5.32 Å². The number of hydrogen-bond acceptors (Lipinski definition) is 4. The molecule has 0 amide bonds. The SMILES string of the molecule is CC(C)(C)c1cccc(-c2cc(C(C)(C)C)cc(Nc3cc(C(C)(C)C)cc(-c4cc(C(C)(C)C)ccn4)n3)n2)c1. The van der Waals surface area contributed by atoms with Gasteiger partial charge in [0, 0.05) is 11.8 Å². The van der Waals surface area contributed by atoms with Gasteiger partial charge in [-0.1, -0.05) is 101 Å². The highest BCUT2D eigenvalue weighted by Gasteiger charge is 2.22. The molecule has 0 atom stereocenters. The molecule has 4 aromatic rings. The largest absolute Gasteiger partial charge is 0.325 e. The van der Waals surface area contributed by atoms with Gasteiger partial charge in [0.25, 0.3) is 0 Å². The lowest BCUT2D eigenvalue weighted by Crippen LogP contribution is -2.14. The minimum Gasteiger partial charge on any atom is -0.325 e. The van der Waals surface area contributed by atoms with Gasteiger partial charge in [-0.25, -0.2) is 9.97 Å². The molecular formula is C37H48N4. The molecular weight excluding hydrogens is 500 g/mol. The van der Waals surface area contributed by atoms with Gasteiger partial charge in [0.15, 0.2) is 0 Å². The van der Waals surface area contributed by atoms with Gasteiger partial charge >= 0.3 is 0 Å². The lowest BCUT2D eigenvalue weighted by Gasteiger charge is -2.24. The van der Waals surface area contributed by atoms with Gasteiger partial charge in [0.2, 0.25) is 0 Å². The second-order valence-corrected chi connectivity index (χ2v) is 15.4. The molecule has 0 fully saturated rings. The molecule has 0 saturated heterocycles. The van der Waals surface area contributed by atoms with Crippen LogP contribution in [-0.2, 0) is 21.7 Å². The maximum Gasteiger partial charge on any atom is 0.132 e. The quantitative estimate of drug-likeness (QED) is 0.276. The van der Waals surface area contributed by atoms with Crippen LogP contribution in [0.1, 0.15) is 105 Å². The van der Waals surface area contributed by atoms with E-state index in [0.717, 1.165) is 34.3 Å². The van der Waals surface area contributed by atoms with Crippen LogP contribution in [0.15, 0.2) is 66.9 Å². The summed E-state index contributed by atoms with van der Waals surface area (Å²) in [5.74, 6) is 1.55. The number of nitrogens with one attached hydrogen (secondary N) is 1. The number of rotatable bonds is 4. The Morgan fingerprint density at radius 1 is 0.463 bits per heavy atom. The molecule has 0 unspecified atom stereocenters. The van der Waals surface area contributed by atoms with Crippen LogP contribution in [0.5, 0.6) is 0 Å². The molecule has 4 rings (SSSR count). The minimum absolute atomic E-state index is 0.0262. The maximum atomic E-state index is 5.11. The van der Waals surface area contributed by atoms with E-state index in [-0.39, 0.29) is 21.7 Å². The molecule has 0 aliphatic carbocycles. The average Bonchev–Trinajstić information content (AvgIpc) is 2.86. The molecule has 0 bridgehead atoms. The number of nitrogens with zero attached hydrogens (tertiary/aromatic N) is 3. The normalized spacial score (nSPS) is 12.9. The summed E-state index contributed by atoms with van der Waals surface area (Å²) in [5, 5.41) is 3.59. The molecule has 0 saturated carbocycles. The molecule has 4 heteroatoms. The van der Waals surface area contributed by atoms with Gasteiger partial charge in [0.1, 0.15) is 11.6 Å². The summed E-state index contributed by atoms with van der Waals surface area (Å²) in [6, 6.07) is 21.7. The van der Waals surface area contributed by atoms with Crippen LogP contribution in [0.2, 0.25) is 0 Å². The third-order valence-corrected chi connectivity index (χ3v) is 7.55. The summed E-state index contributed by atoms with van der Waals surface area (Å²) in [6.45, 7) is 26.8. The zero-order chi connectivity index (χ0) is 30.4. The minimum atomic E-state index is -0.0605. The van der Waals surface area contributed by atoms with Gasteiger partial charge < -0.3 is 5.32 Å². The maximum absolute atomic E-state index is 5.11. The van der Waals surface area contributed by atoms with Crippen molar-refractivity contribution in [2.24, 2.45) is 0 Å². The van der Waals surface area contributed by atoms with E-state index < -0.39 is 0 Å². The number of benzene rings is 1. The first-order valence-corrected chi connectivity index (χ1v) is 14.7. The van der Waals surface area contributed by atoms with Crippen molar-refractivity contribution in [2.45, 2.75) is 105 Å². The molecule has 0 spiro atoms. The molecule has 1 N–H and O–H groups in total. The molecule has 3 heterocycles. The molecule has 4 nitrogen and oxygen atoms in total. The Morgan fingerprint density at radius 3 is 1.46 bits per heavy atom. The molecule has 3 aromatic heterocycles. The lowest BCUT2D eigenvalue weighted by atomic mass is 9.84. The van der Waals surface area contributed by atoms with Gasteiger partial charge in [-0.05, 0) is 86.4 Å². The predicted molar refractivity (Wildman–Crippen MR) is 175 cm³/mol. The van der Waals surface area contributed by atoms with Crippen LogP contribution in [0, 0.1) is 0 Å². The summed E-state index contributed by atoms with van der Waals surface area (Å²) in [5.41, 5.74) is 8.74. The summed E-state index contributed by atoms with van der Waals surface area (Å²) < 4.78 is 0. The summed E-state index contributed by atoms with van der Waals surface area (Å²) in [4.78, 5) is 14.9. The van der Waals surface area contributed by atoms with Crippen molar-refractivity contribution in [3.8, 4) is 22.6 Å². The predicted octanol–water partition coefficient (Wildman–Crippen LogP) is 10.1. The topological polar surface area (TPSA) is 50.7 Å². The molecule has 0 aliphatic heterocycles. The number of hydrogen-bond donors (Lipinski definition) is 1. The van der Waals surface area contributed by atoms with E-state index in [2.05, 4.69) is 149 Å². The second kappa shape index (κ2) is 10.7.